The molecule has 3 N–H and O–H groups in total. The van der Waals surface area contributed by atoms with Crippen molar-refractivity contribution in [3.8, 4) is 6.07 Å². The zero-order chi connectivity index (χ0) is 25.1. The molecule has 34 heavy (non-hydrogen) atoms. The summed E-state index contributed by atoms with van der Waals surface area (Å²) in [4.78, 5) is 23.7. The molecule has 2 aromatic rings. The summed E-state index contributed by atoms with van der Waals surface area (Å²) in [6.45, 7) is 7.75. The van der Waals surface area contributed by atoms with Gasteiger partial charge in [-0.1, -0.05) is 31.2 Å². The van der Waals surface area contributed by atoms with Crippen LogP contribution in [0.25, 0.3) is 0 Å². The van der Waals surface area contributed by atoms with Crippen molar-refractivity contribution in [2.75, 3.05) is 38.1 Å². The Morgan fingerprint density at radius 2 is 1.91 bits per heavy atom. The maximum absolute atomic E-state index is 14.0. The van der Waals surface area contributed by atoms with E-state index in [9.17, 15) is 14.4 Å². The van der Waals surface area contributed by atoms with Gasteiger partial charge in [0.1, 0.15) is 11.9 Å². The normalized spacial score (nSPS) is 12.2. The van der Waals surface area contributed by atoms with Gasteiger partial charge in [0.15, 0.2) is 0 Å². The second-order valence-corrected chi connectivity index (χ2v) is 8.00. The number of nitrogens with two attached hydrogens (primary N) is 1. The topological polar surface area (TPSA) is 106 Å². The maximum Gasteiger partial charge on any atom is 0.256 e. The minimum atomic E-state index is -0.533. The van der Waals surface area contributed by atoms with E-state index in [0.29, 0.717) is 25.2 Å². The first-order valence-corrected chi connectivity index (χ1v) is 11.3. The number of rotatable bonds is 9. The van der Waals surface area contributed by atoms with Gasteiger partial charge in [0.05, 0.1) is 12.1 Å². The van der Waals surface area contributed by atoms with Crippen molar-refractivity contribution in [3.63, 3.8) is 0 Å². The highest BCUT2D eigenvalue weighted by Gasteiger charge is 2.26. The molecule has 3 rings (SSSR count). The van der Waals surface area contributed by atoms with Crippen LogP contribution >= 0.6 is 0 Å². The van der Waals surface area contributed by atoms with E-state index >= 15 is 0 Å². The van der Waals surface area contributed by atoms with Crippen LogP contribution in [0.2, 0.25) is 0 Å². The van der Waals surface area contributed by atoms with Crippen LogP contribution in [0, 0.1) is 24.1 Å². The van der Waals surface area contributed by atoms with Gasteiger partial charge in [0.25, 0.3) is 5.91 Å². The zero-order valence-corrected chi connectivity index (χ0v) is 20.1. The van der Waals surface area contributed by atoms with E-state index in [1.807, 2.05) is 42.0 Å². The lowest BCUT2D eigenvalue weighted by molar-refractivity contribution is -0.145. The second-order valence-electron chi connectivity index (χ2n) is 8.00. The number of nitrogens with zero attached hydrogens (tertiary/aromatic N) is 4. The smallest absolute Gasteiger partial charge is 0.256 e. The lowest BCUT2D eigenvalue weighted by Crippen LogP contribution is -2.46. The Hall–Kier alpha value is -3.48. The van der Waals surface area contributed by atoms with Crippen LogP contribution in [0.3, 0.4) is 0 Å². The summed E-state index contributed by atoms with van der Waals surface area (Å²) in [6.07, 6.45) is 1.08. The molecule has 0 radical (unpaired) electrons. The number of nitrogens with one attached hydrogen (secondary N) is 1. The number of amides is 2. The molecule has 8 nitrogen and oxygen atoms in total. The van der Waals surface area contributed by atoms with Crippen molar-refractivity contribution in [1.29, 1.82) is 5.26 Å². The summed E-state index contributed by atoms with van der Waals surface area (Å²) in [5, 5.41) is 16.3. The standard InChI is InChI=1S/C24H30FN5O.CH3NO/c1-4-27-10-7-11-29(23-13-21(14-26)22(25)12-18(23)2)17-24(31)28(3)30-15-19-8-5-6-9-20(19)16-30;2-1-3/h5-6,8-9,12-13,27H,4,7,10-11,15-17H2,1-3H3;1H,(H2,2,3). The van der Waals surface area contributed by atoms with E-state index in [1.165, 1.54) is 17.2 Å². The number of nitriles is 1. The number of hydrazine groups is 1. The number of benzene rings is 2. The summed E-state index contributed by atoms with van der Waals surface area (Å²) in [5.74, 6) is -0.576. The van der Waals surface area contributed by atoms with E-state index < -0.39 is 5.82 Å². The van der Waals surface area contributed by atoms with Crippen LogP contribution in [0.5, 0.6) is 0 Å². The Balaban J connectivity index is 0.00000129. The van der Waals surface area contributed by atoms with Crippen molar-refractivity contribution < 1.29 is 14.0 Å². The number of carbonyl (C=O) groups excluding carboxylic acids is 2. The molecular formula is C25H33FN6O2. The van der Waals surface area contributed by atoms with Crippen molar-refractivity contribution in [2.45, 2.75) is 33.4 Å². The van der Waals surface area contributed by atoms with Gasteiger partial charge in [0, 0.05) is 32.4 Å². The molecule has 0 unspecified atom stereocenters. The van der Waals surface area contributed by atoms with Gasteiger partial charge in [-0.05, 0) is 55.3 Å². The average molecular weight is 469 g/mol. The van der Waals surface area contributed by atoms with Crippen LogP contribution in [0.15, 0.2) is 36.4 Å². The highest BCUT2D eigenvalue weighted by Crippen LogP contribution is 2.26. The van der Waals surface area contributed by atoms with E-state index in [-0.39, 0.29) is 24.4 Å². The van der Waals surface area contributed by atoms with Crippen LogP contribution < -0.4 is 16.0 Å². The van der Waals surface area contributed by atoms with Crippen molar-refractivity contribution in [2.24, 2.45) is 5.73 Å². The Morgan fingerprint density at radius 3 is 2.47 bits per heavy atom. The molecule has 1 aliphatic rings. The molecule has 0 bridgehead atoms. The highest BCUT2D eigenvalue weighted by atomic mass is 19.1. The van der Waals surface area contributed by atoms with Crippen LogP contribution in [0.4, 0.5) is 10.1 Å². The van der Waals surface area contributed by atoms with Gasteiger partial charge in [-0.25, -0.2) is 9.40 Å². The molecule has 0 saturated heterocycles. The minimum Gasteiger partial charge on any atom is -0.372 e. The minimum absolute atomic E-state index is 0.00641. The van der Waals surface area contributed by atoms with Gasteiger partial charge in [0.2, 0.25) is 6.41 Å². The number of aryl methyl sites for hydroxylation is 1. The molecule has 0 spiro atoms. The number of likely N-dealkylation sites (N-methyl/N-ethyl adjacent to an activating group) is 1. The fraction of sp³-hybridized carbons (Fsp3) is 0.400. The Labute approximate surface area is 200 Å². The summed E-state index contributed by atoms with van der Waals surface area (Å²) in [7, 11) is 1.79. The van der Waals surface area contributed by atoms with E-state index in [1.54, 1.807) is 18.1 Å². The molecular weight excluding hydrogens is 435 g/mol. The molecule has 1 aliphatic heterocycles. The molecule has 182 valence electrons. The van der Waals surface area contributed by atoms with Gasteiger partial charge in [-0.3, -0.25) is 14.6 Å². The third-order valence-corrected chi connectivity index (χ3v) is 5.71. The highest BCUT2D eigenvalue weighted by molar-refractivity contribution is 5.81. The molecule has 2 aromatic carbocycles. The van der Waals surface area contributed by atoms with Crippen molar-refractivity contribution in [1.82, 2.24) is 15.3 Å². The van der Waals surface area contributed by atoms with Crippen molar-refractivity contribution >= 4 is 18.0 Å². The molecule has 9 heteroatoms. The molecule has 0 saturated carbocycles. The lowest BCUT2D eigenvalue weighted by atomic mass is 10.1. The van der Waals surface area contributed by atoms with Crippen LogP contribution in [0.1, 0.15) is 35.6 Å². The van der Waals surface area contributed by atoms with E-state index in [4.69, 9.17) is 4.79 Å². The third-order valence-electron chi connectivity index (χ3n) is 5.71. The predicted molar refractivity (Wildman–Crippen MR) is 130 cm³/mol. The number of fused-ring (bicyclic) bond motifs is 1. The Morgan fingerprint density at radius 1 is 1.29 bits per heavy atom. The maximum atomic E-state index is 14.0. The zero-order valence-electron chi connectivity index (χ0n) is 20.1. The first kappa shape index (κ1) is 26.8. The monoisotopic (exact) mass is 468 g/mol. The fourth-order valence-electron chi connectivity index (χ4n) is 3.89. The lowest BCUT2D eigenvalue weighted by Gasteiger charge is -2.32. The number of anilines is 1. The number of halogens is 1. The number of primary amides is 1. The van der Waals surface area contributed by atoms with Gasteiger partial charge < -0.3 is 16.0 Å². The van der Waals surface area contributed by atoms with E-state index in [0.717, 1.165) is 25.2 Å². The van der Waals surface area contributed by atoms with E-state index in [2.05, 4.69) is 23.2 Å². The predicted octanol–water partition coefficient (Wildman–Crippen LogP) is 2.30. The van der Waals surface area contributed by atoms with Gasteiger partial charge in [-0.15, -0.1) is 0 Å². The number of hydrogen-bond donors (Lipinski definition) is 2. The Kier molecular flexibility index (Phi) is 10.5. The summed E-state index contributed by atoms with van der Waals surface area (Å²) >= 11 is 0. The average Bonchev–Trinajstić information content (AvgIpc) is 3.25. The summed E-state index contributed by atoms with van der Waals surface area (Å²) < 4.78 is 14.0. The molecule has 1 heterocycles. The molecule has 0 fully saturated rings. The number of hydrogen-bond acceptors (Lipinski definition) is 6. The molecule has 0 atom stereocenters. The second kappa shape index (κ2) is 13.3. The van der Waals surface area contributed by atoms with Crippen LogP contribution in [-0.4, -0.2) is 55.6 Å². The Bertz CT molecular complexity index is 998. The summed E-state index contributed by atoms with van der Waals surface area (Å²) in [5.41, 5.74) is 8.06. The number of carbonyl (C=O) groups is 2. The van der Waals surface area contributed by atoms with Crippen molar-refractivity contribution in [3.05, 3.63) is 64.5 Å². The first-order valence-electron chi connectivity index (χ1n) is 11.3. The summed E-state index contributed by atoms with van der Waals surface area (Å²) in [6, 6.07) is 13.0. The molecule has 0 aliphatic carbocycles. The third kappa shape index (κ3) is 7.01. The van der Waals surface area contributed by atoms with Crippen LogP contribution in [-0.2, 0) is 22.7 Å². The SMILES string of the molecule is CCNCCCN(CC(=O)N(C)N1Cc2ccccc2C1)c1cc(C#N)c(F)cc1C.NC=O. The largest absolute Gasteiger partial charge is 0.372 e. The quantitative estimate of drug-likeness (QED) is 0.432. The van der Waals surface area contributed by atoms with Gasteiger partial charge in [-0.2, -0.15) is 5.26 Å². The molecule has 0 aromatic heterocycles. The first-order chi connectivity index (χ1) is 16.4. The van der Waals surface area contributed by atoms with Gasteiger partial charge >= 0.3 is 0 Å². The fourth-order valence-corrected chi connectivity index (χ4v) is 3.89. The molecule has 2 amide bonds.